The highest BCUT2D eigenvalue weighted by Gasteiger charge is 2.26. The van der Waals surface area contributed by atoms with Crippen LogP contribution in [0, 0.1) is 0 Å². The van der Waals surface area contributed by atoms with E-state index in [1.807, 2.05) is 47.4 Å². The van der Waals surface area contributed by atoms with Crippen molar-refractivity contribution in [3.63, 3.8) is 0 Å². The van der Waals surface area contributed by atoms with Gasteiger partial charge in [0.15, 0.2) is 11.5 Å². The topological polar surface area (TPSA) is 51.7 Å². The standard InChI is InChI=1S/C23H26N2O3/c26-23(12-5-4-8-18-13-14-20-21(16-18)28-17-27-20)25(19-9-2-1-3-10-19)22-11-6-7-15-24-22/h5-7,11-16,19H,1-4,8-10,17H2/b12-5+. The number of hydrogen-bond donors (Lipinski definition) is 0. The molecule has 1 amide bonds. The number of carbonyl (C=O) groups is 1. The summed E-state index contributed by atoms with van der Waals surface area (Å²) in [6, 6.07) is 12.0. The molecule has 1 aromatic carbocycles. The van der Waals surface area contributed by atoms with Gasteiger partial charge in [0.2, 0.25) is 6.79 Å². The van der Waals surface area contributed by atoms with E-state index in [0.29, 0.717) is 0 Å². The van der Waals surface area contributed by atoms with E-state index in [9.17, 15) is 4.79 Å². The monoisotopic (exact) mass is 378 g/mol. The molecule has 1 fully saturated rings. The number of amides is 1. The largest absolute Gasteiger partial charge is 0.454 e. The Hall–Kier alpha value is -2.82. The van der Waals surface area contributed by atoms with Gasteiger partial charge in [0, 0.05) is 12.2 Å². The van der Waals surface area contributed by atoms with Crippen molar-refractivity contribution in [2.75, 3.05) is 11.7 Å². The number of rotatable bonds is 6. The molecule has 2 heterocycles. The lowest BCUT2D eigenvalue weighted by Gasteiger charge is -2.32. The van der Waals surface area contributed by atoms with E-state index in [2.05, 4.69) is 4.98 Å². The molecule has 5 nitrogen and oxygen atoms in total. The molecule has 4 rings (SSSR count). The van der Waals surface area contributed by atoms with Crippen LogP contribution in [0.15, 0.2) is 54.7 Å². The summed E-state index contributed by atoms with van der Waals surface area (Å²) in [5.41, 5.74) is 1.18. The SMILES string of the molecule is O=C(/C=C/CCc1ccc2c(c1)OCO2)N(c1ccccn1)C1CCCCC1. The second-order valence-corrected chi connectivity index (χ2v) is 7.32. The molecule has 0 spiro atoms. The molecule has 0 saturated heterocycles. The molecule has 2 aromatic rings. The number of allylic oxidation sites excluding steroid dienone is 1. The smallest absolute Gasteiger partial charge is 0.252 e. The predicted molar refractivity (Wildman–Crippen MR) is 109 cm³/mol. The third-order valence-corrected chi connectivity index (χ3v) is 5.37. The Balaban J connectivity index is 1.39. The van der Waals surface area contributed by atoms with Gasteiger partial charge in [-0.05, 0) is 61.6 Å². The summed E-state index contributed by atoms with van der Waals surface area (Å²) in [6.45, 7) is 0.289. The van der Waals surface area contributed by atoms with Crippen molar-refractivity contribution in [1.29, 1.82) is 0 Å². The molecule has 1 aromatic heterocycles. The van der Waals surface area contributed by atoms with Crippen LogP contribution >= 0.6 is 0 Å². The lowest BCUT2D eigenvalue weighted by molar-refractivity contribution is -0.114. The highest BCUT2D eigenvalue weighted by molar-refractivity contribution is 6.01. The van der Waals surface area contributed by atoms with Crippen molar-refractivity contribution < 1.29 is 14.3 Å². The van der Waals surface area contributed by atoms with E-state index in [-0.39, 0.29) is 18.7 Å². The number of benzene rings is 1. The van der Waals surface area contributed by atoms with E-state index in [4.69, 9.17) is 9.47 Å². The van der Waals surface area contributed by atoms with Crippen LogP contribution in [0.1, 0.15) is 44.1 Å². The van der Waals surface area contributed by atoms with Gasteiger partial charge in [0.1, 0.15) is 5.82 Å². The maximum atomic E-state index is 13.0. The quantitative estimate of drug-likeness (QED) is 0.686. The molecule has 1 aliphatic carbocycles. The van der Waals surface area contributed by atoms with Crippen LogP contribution in [0.4, 0.5) is 5.82 Å². The first kappa shape index (κ1) is 18.5. The maximum absolute atomic E-state index is 13.0. The summed E-state index contributed by atoms with van der Waals surface area (Å²) in [4.78, 5) is 19.3. The number of aryl methyl sites for hydroxylation is 1. The molecule has 0 bridgehead atoms. The van der Waals surface area contributed by atoms with Gasteiger partial charge in [-0.3, -0.25) is 9.69 Å². The van der Waals surface area contributed by atoms with Crippen molar-refractivity contribution in [3.8, 4) is 11.5 Å². The molecule has 0 N–H and O–H groups in total. The third-order valence-electron chi connectivity index (χ3n) is 5.37. The number of hydrogen-bond acceptors (Lipinski definition) is 4. The lowest BCUT2D eigenvalue weighted by atomic mass is 9.94. The number of anilines is 1. The summed E-state index contributed by atoms with van der Waals surface area (Å²) in [5.74, 6) is 2.38. The number of fused-ring (bicyclic) bond motifs is 1. The molecule has 0 atom stereocenters. The van der Waals surface area contributed by atoms with Gasteiger partial charge in [-0.1, -0.05) is 37.5 Å². The fourth-order valence-corrected chi connectivity index (χ4v) is 3.93. The summed E-state index contributed by atoms with van der Waals surface area (Å²) >= 11 is 0. The van der Waals surface area contributed by atoms with Gasteiger partial charge in [0.05, 0.1) is 0 Å². The average molecular weight is 378 g/mol. The first-order valence-electron chi connectivity index (χ1n) is 10.1. The zero-order valence-corrected chi connectivity index (χ0v) is 16.0. The van der Waals surface area contributed by atoms with E-state index in [0.717, 1.165) is 43.0 Å². The highest BCUT2D eigenvalue weighted by atomic mass is 16.7. The van der Waals surface area contributed by atoms with E-state index >= 15 is 0 Å². The average Bonchev–Trinajstić information content (AvgIpc) is 3.21. The van der Waals surface area contributed by atoms with Crippen LogP contribution in [0.3, 0.4) is 0 Å². The minimum atomic E-state index is 0.0243. The molecule has 1 saturated carbocycles. The second-order valence-electron chi connectivity index (χ2n) is 7.32. The number of aromatic nitrogens is 1. The Morgan fingerprint density at radius 2 is 1.96 bits per heavy atom. The third kappa shape index (κ3) is 4.35. The number of nitrogens with zero attached hydrogens (tertiary/aromatic N) is 2. The van der Waals surface area contributed by atoms with Crippen molar-refractivity contribution >= 4 is 11.7 Å². The summed E-state index contributed by atoms with van der Waals surface area (Å²) in [7, 11) is 0. The van der Waals surface area contributed by atoms with E-state index in [1.165, 1.54) is 24.8 Å². The maximum Gasteiger partial charge on any atom is 0.252 e. The zero-order valence-electron chi connectivity index (χ0n) is 16.0. The normalized spacial score (nSPS) is 16.4. The fraction of sp³-hybridized carbons (Fsp3) is 0.391. The summed E-state index contributed by atoms with van der Waals surface area (Å²) in [6.07, 6.45) is 12.8. The minimum absolute atomic E-state index is 0.0243. The van der Waals surface area contributed by atoms with Gasteiger partial charge in [-0.25, -0.2) is 4.98 Å². The molecule has 0 unspecified atom stereocenters. The lowest BCUT2D eigenvalue weighted by Crippen LogP contribution is -2.41. The number of carbonyl (C=O) groups excluding carboxylic acids is 1. The van der Waals surface area contributed by atoms with Gasteiger partial charge in [0.25, 0.3) is 5.91 Å². The van der Waals surface area contributed by atoms with E-state index < -0.39 is 0 Å². The molecule has 146 valence electrons. The fourth-order valence-electron chi connectivity index (χ4n) is 3.93. The van der Waals surface area contributed by atoms with Crippen molar-refractivity contribution in [2.45, 2.75) is 51.0 Å². The Labute approximate surface area is 166 Å². The van der Waals surface area contributed by atoms with Gasteiger partial charge in [-0.15, -0.1) is 0 Å². The van der Waals surface area contributed by atoms with Crippen LogP contribution in [-0.2, 0) is 11.2 Å². The van der Waals surface area contributed by atoms with Crippen molar-refractivity contribution in [3.05, 3.63) is 60.3 Å². The Bertz CT molecular complexity index is 829. The first-order valence-corrected chi connectivity index (χ1v) is 10.1. The Morgan fingerprint density at radius 1 is 1.11 bits per heavy atom. The van der Waals surface area contributed by atoms with Crippen LogP contribution in [-0.4, -0.2) is 23.7 Å². The van der Waals surface area contributed by atoms with Gasteiger partial charge >= 0.3 is 0 Å². The second kappa shape index (κ2) is 8.91. The summed E-state index contributed by atoms with van der Waals surface area (Å²) in [5, 5.41) is 0. The molecule has 5 heteroatoms. The Kier molecular flexibility index (Phi) is 5.90. The van der Waals surface area contributed by atoms with Gasteiger partial charge < -0.3 is 9.47 Å². The minimum Gasteiger partial charge on any atom is -0.454 e. The summed E-state index contributed by atoms with van der Waals surface area (Å²) < 4.78 is 10.8. The molecule has 0 radical (unpaired) electrons. The molecule has 1 aliphatic heterocycles. The predicted octanol–water partition coefficient (Wildman–Crippen LogP) is 4.67. The number of ether oxygens (including phenoxy) is 2. The van der Waals surface area contributed by atoms with Crippen LogP contribution in [0.25, 0.3) is 0 Å². The number of pyridine rings is 1. The molecule has 2 aliphatic rings. The zero-order chi connectivity index (χ0) is 19.2. The molecular formula is C23H26N2O3. The first-order chi connectivity index (χ1) is 13.8. The van der Waals surface area contributed by atoms with Crippen molar-refractivity contribution in [2.24, 2.45) is 0 Å². The van der Waals surface area contributed by atoms with Crippen LogP contribution in [0.5, 0.6) is 11.5 Å². The molecule has 28 heavy (non-hydrogen) atoms. The van der Waals surface area contributed by atoms with Crippen molar-refractivity contribution in [1.82, 2.24) is 4.98 Å². The van der Waals surface area contributed by atoms with Gasteiger partial charge in [-0.2, -0.15) is 0 Å². The van der Waals surface area contributed by atoms with Crippen LogP contribution in [0.2, 0.25) is 0 Å². The Morgan fingerprint density at radius 3 is 2.79 bits per heavy atom. The molecular weight excluding hydrogens is 352 g/mol. The van der Waals surface area contributed by atoms with Crippen LogP contribution < -0.4 is 14.4 Å². The highest BCUT2D eigenvalue weighted by Crippen LogP contribution is 2.32. The van der Waals surface area contributed by atoms with E-state index in [1.54, 1.807) is 12.3 Å².